The molecule has 7 heteroatoms. The zero-order chi connectivity index (χ0) is 16.0. The van der Waals surface area contributed by atoms with Gasteiger partial charge < -0.3 is 0 Å². The summed E-state index contributed by atoms with van der Waals surface area (Å²) < 4.78 is 50.4. The van der Waals surface area contributed by atoms with Gasteiger partial charge in [-0.05, 0) is 12.1 Å². The normalized spacial score (nSPS) is 18.0. The van der Waals surface area contributed by atoms with E-state index in [1.165, 1.54) is 9.80 Å². The van der Waals surface area contributed by atoms with E-state index >= 15 is 0 Å². The zero-order valence-corrected chi connectivity index (χ0v) is 13.0. The van der Waals surface area contributed by atoms with Gasteiger partial charge in [-0.2, -0.15) is 8.78 Å². The Hall–Kier alpha value is -0.790. The molecular formula is C15H20F4N2S. The summed E-state index contributed by atoms with van der Waals surface area (Å²) in [6.45, 7) is 2.15. The third-order valence-electron chi connectivity index (χ3n) is 3.64. The van der Waals surface area contributed by atoms with Crippen molar-refractivity contribution in [1.29, 1.82) is 0 Å². The summed E-state index contributed by atoms with van der Waals surface area (Å²) in [5.41, 5.74) is 0. The molecular weight excluding hydrogens is 316 g/mol. The van der Waals surface area contributed by atoms with Crippen molar-refractivity contribution in [2.75, 3.05) is 45.0 Å². The first-order chi connectivity index (χ1) is 10.5. The third kappa shape index (κ3) is 5.44. The van der Waals surface area contributed by atoms with Crippen LogP contribution in [0.15, 0.2) is 35.2 Å². The van der Waals surface area contributed by atoms with E-state index in [1.807, 2.05) is 18.2 Å². The van der Waals surface area contributed by atoms with Gasteiger partial charge in [-0.15, -0.1) is 11.8 Å². The molecule has 2 nitrogen and oxygen atoms in total. The topological polar surface area (TPSA) is 6.48 Å². The van der Waals surface area contributed by atoms with Crippen LogP contribution in [0.5, 0.6) is 0 Å². The Bertz CT molecular complexity index is 436. The predicted octanol–water partition coefficient (Wildman–Crippen LogP) is 3.30. The summed E-state index contributed by atoms with van der Waals surface area (Å²) in [5, 5.41) is 0. The quantitative estimate of drug-likeness (QED) is 0.557. The van der Waals surface area contributed by atoms with Crippen molar-refractivity contribution in [2.24, 2.45) is 0 Å². The van der Waals surface area contributed by atoms with E-state index in [4.69, 9.17) is 0 Å². The SMILES string of the molecule is FC(F)C(F)(F)CN1CCN(CCSc2ccccc2)CC1. The van der Waals surface area contributed by atoms with E-state index in [0.29, 0.717) is 26.2 Å². The van der Waals surface area contributed by atoms with Crippen LogP contribution in [0.25, 0.3) is 0 Å². The van der Waals surface area contributed by atoms with Crippen molar-refractivity contribution in [2.45, 2.75) is 17.2 Å². The number of piperazine rings is 1. The Morgan fingerprint density at radius 1 is 1.00 bits per heavy atom. The number of hydrogen-bond donors (Lipinski definition) is 0. The molecule has 22 heavy (non-hydrogen) atoms. The minimum atomic E-state index is -3.91. The third-order valence-corrected chi connectivity index (χ3v) is 4.63. The maximum atomic E-state index is 13.0. The molecule has 124 valence electrons. The second-order valence-corrected chi connectivity index (χ2v) is 6.51. The van der Waals surface area contributed by atoms with E-state index in [0.717, 1.165) is 12.3 Å². The number of hydrogen-bond acceptors (Lipinski definition) is 3. The lowest BCUT2D eigenvalue weighted by atomic mass is 10.2. The van der Waals surface area contributed by atoms with E-state index < -0.39 is 18.9 Å². The molecule has 1 heterocycles. The number of nitrogens with zero attached hydrogens (tertiary/aromatic N) is 2. The molecule has 0 amide bonds. The number of rotatable bonds is 7. The molecule has 0 saturated carbocycles. The molecule has 1 fully saturated rings. The smallest absolute Gasteiger partial charge is 0.300 e. The summed E-state index contributed by atoms with van der Waals surface area (Å²) >= 11 is 1.75. The van der Waals surface area contributed by atoms with Crippen molar-refractivity contribution >= 4 is 11.8 Å². The molecule has 0 N–H and O–H groups in total. The van der Waals surface area contributed by atoms with Crippen LogP contribution < -0.4 is 0 Å². The standard InChI is InChI=1S/C15H20F4N2S/c16-14(17)15(18,19)12-21-8-6-20(7-9-21)10-11-22-13-4-2-1-3-5-13/h1-5,14H,6-12H2. The Kier molecular flexibility index (Phi) is 6.52. The molecule has 0 radical (unpaired) electrons. The fourth-order valence-electron chi connectivity index (χ4n) is 2.35. The van der Waals surface area contributed by atoms with Crippen LogP contribution in [0, 0.1) is 0 Å². The molecule has 1 aromatic carbocycles. The Balaban J connectivity index is 1.65. The van der Waals surface area contributed by atoms with E-state index in [9.17, 15) is 17.6 Å². The highest BCUT2D eigenvalue weighted by molar-refractivity contribution is 7.99. The molecule has 1 saturated heterocycles. The van der Waals surface area contributed by atoms with Gasteiger partial charge in [0.05, 0.1) is 6.54 Å². The van der Waals surface area contributed by atoms with Gasteiger partial charge in [-0.1, -0.05) is 18.2 Å². The van der Waals surface area contributed by atoms with Crippen molar-refractivity contribution in [3.8, 4) is 0 Å². The van der Waals surface area contributed by atoms with E-state index in [1.54, 1.807) is 11.8 Å². The van der Waals surface area contributed by atoms with Crippen molar-refractivity contribution in [1.82, 2.24) is 9.80 Å². The summed E-state index contributed by atoms with van der Waals surface area (Å²) in [7, 11) is 0. The molecule has 0 unspecified atom stereocenters. The average molecular weight is 336 g/mol. The van der Waals surface area contributed by atoms with E-state index in [2.05, 4.69) is 17.0 Å². The number of benzene rings is 1. The molecule has 1 aromatic rings. The largest absolute Gasteiger partial charge is 0.319 e. The van der Waals surface area contributed by atoms with Crippen LogP contribution in [0.1, 0.15) is 0 Å². The molecule has 0 atom stereocenters. The van der Waals surface area contributed by atoms with Gasteiger partial charge in [0.15, 0.2) is 0 Å². The van der Waals surface area contributed by atoms with Crippen LogP contribution in [0.2, 0.25) is 0 Å². The highest BCUT2D eigenvalue weighted by Gasteiger charge is 2.42. The summed E-state index contributed by atoms with van der Waals surface area (Å²) in [5.74, 6) is -2.98. The van der Waals surface area contributed by atoms with Crippen LogP contribution in [0.4, 0.5) is 17.6 Å². The first-order valence-corrected chi connectivity index (χ1v) is 8.24. The van der Waals surface area contributed by atoms with Gasteiger partial charge in [-0.25, -0.2) is 8.78 Å². The molecule has 0 spiro atoms. The fourth-order valence-corrected chi connectivity index (χ4v) is 3.28. The first-order valence-electron chi connectivity index (χ1n) is 7.26. The molecule has 0 aliphatic carbocycles. The summed E-state index contributed by atoms with van der Waals surface area (Å²) in [6.07, 6.45) is -3.59. The Morgan fingerprint density at radius 2 is 1.59 bits per heavy atom. The molecule has 0 aromatic heterocycles. The minimum Gasteiger partial charge on any atom is -0.300 e. The fraction of sp³-hybridized carbons (Fsp3) is 0.600. The number of halogens is 4. The van der Waals surface area contributed by atoms with Gasteiger partial charge in [0.2, 0.25) is 0 Å². The highest BCUT2D eigenvalue weighted by atomic mass is 32.2. The van der Waals surface area contributed by atoms with Crippen LogP contribution >= 0.6 is 11.8 Å². The van der Waals surface area contributed by atoms with Crippen LogP contribution in [0.3, 0.4) is 0 Å². The van der Waals surface area contributed by atoms with Crippen molar-refractivity contribution in [3.63, 3.8) is 0 Å². The second kappa shape index (κ2) is 8.17. The molecule has 1 aliphatic rings. The summed E-state index contributed by atoms with van der Waals surface area (Å²) in [4.78, 5) is 4.82. The van der Waals surface area contributed by atoms with Gasteiger partial charge in [0.25, 0.3) is 0 Å². The van der Waals surface area contributed by atoms with E-state index in [-0.39, 0.29) is 0 Å². The molecule has 2 rings (SSSR count). The monoisotopic (exact) mass is 336 g/mol. The predicted molar refractivity (Wildman–Crippen MR) is 81.0 cm³/mol. The number of alkyl halides is 4. The Labute approximate surface area is 132 Å². The maximum absolute atomic E-state index is 13.0. The maximum Gasteiger partial charge on any atom is 0.319 e. The lowest BCUT2D eigenvalue weighted by molar-refractivity contribution is -0.144. The average Bonchev–Trinajstić information content (AvgIpc) is 2.50. The van der Waals surface area contributed by atoms with Crippen molar-refractivity contribution in [3.05, 3.63) is 30.3 Å². The highest BCUT2D eigenvalue weighted by Crippen LogP contribution is 2.24. The first kappa shape index (κ1) is 17.6. The second-order valence-electron chi connectivity index (χ2n) is 5.34. The van der Waals surface area contributed by atoms with Gasteiger partial charge in [0.1, 0.15) is 0 Å². The molecule has 1 aliphatic heterocycles. The number of thioether (sulfide) groups is 1. The van der Waals surface area contributed by atoms with Gasteiger partial charge in [-0.3, -0.25) is 9.80 Å². The lowest BCUT2D eigenvalue weighted by Gasteiger charge is -2.36. The van der Waals surface area contributed by atoms with Gasteiger partial charge in [0, 0.05) is 43.4 Å². The molecule has 0 bridgehead atoms. The zero-order valence-electron chi connectivity index (χ0n) is 12.2. The lowest BCUT2D eigenvalue weighted by Crippen LogP contribution is -2.51. The van der Waals surface area contributed by atoms with Crippen molar-refractivity contribution < 1.29 is 17.6 Å². The minimum absolute atomic E-state index is 0.415. The van der Waals surface area contributed by atoms with Gasteiger partial charge >= 0.3 is 12.3 Å². The van der Waals surface area contributed by atoms with Crippen LogP contribution in [-0.4, -0.2) is 67.2 Å². The van der Waals surface area contributed by atoms with Crippen LogP contribution in [-0.2, 0) is 0 Å². The Morgan fingerprint density at radius 3 is 2.18 bits per heavy atom. The summed E-state index contributed by atoms with van der Waals surface area (Å²) in [6, 6.07) is 10.1.